The summed E-state index contributed by atoms with van der Waals surface area (Å²) < 4.78 is 0.845. The largest absolute Gasteiger partial charge is 0.375 e. The van der Waals surface area contributed by atoms with Gasteiger partial charge in [-0.25, -0.2) is 0 Å². The Morgan fingerprint density at radius 1 is 1.50 bits per heavy atom. The third kappa shape index (κ3) is 3.35. The number of nitrogens with zero attached hydrogens (tertiary/aromatic N) is 1. The minimum absolute atomic E-state index is 0.572. The van der Waals surface area contributed by atoms with Gasteiger partial charge >= 0.3 is 0 Å². The second-order valence-corrected chi connectivity index (χ2v) is 5.83. The molecule has 2 rings (SSSR count). The SMILES string of the molecule is CC(CNc1ccc(Cl)s1)N1CCNCC1. The molecule has 5 heteroatoms. The predicted molar refractivity (Wildman–Crippen MR) is 71.7 cm³/mol. The lowest BCUT2D eigenvalue weighted by molar-refractivity contribution is 0.191. The molecular weight excluding hydrogens is 242 g/mol. The van der Waals surface area contributed by atoms with Crippen molar-refractivity contribution in [2.24, 2.45) is 0 Å². The fourth-order valence-electron chi connectivity index (χ4n) is 1.91. The molecule has 0 bridgehead atoms. The van der Waals surface area contributed by atoms with Crippen molar-refractivity contribution in [2.45, 2.75) is 13.0 Å². The summed E-state index contributed by atoms with van der Waals surface area (Å²) in [5.41, 5.74) is 0. The first-order valence-corrected chi connectivity index (χ1v) is 6.89. The highest BCUT2D eigenvalue weighted by molar-refractivity contribution is 7.19. The molecule has 1 aromatic rings. The van der Waals surface area contributed by atoms with Crippen molar-refractivity contribution in [3.8, 4) is 0 Å². The molecule has 3 nitrogen and oxygen atoms in total. The van der Waals surface area contributed by atoms with Gasteiger partial charge in [0.05, 0.1) is 9.34 Å². The molecular formula is C11H18ClN3S. The molecule has 1 aliphatic rings. The Labute approximate surface area is 106 Å². The molecule has 90 valence electrons. The predicted octanol–water partition coefficient (Wildman–Crippen LogP) is 2.11. The maximum atomic E-state index is 5.88. The first-order valence-electron chi connectivity index (χ1n) is 5.69. The number of thiophene rings is 1. The molecule has 2 heterocycles. The van der Waals surface area contributed by atoms with Crippen LogP contribution >= 0.6 is 22.9 Å². The van der Waals surface area contributed by atoms with Gasteiger partial charge in [0.25, 0.3) is 0 Å². The normalized spacial score (nSPS) is 19.6. The van der Waals surface area contributed by atoms with Crippen molar-refractivity contribution < 1.29 is 0 Å². The number of rotatable bonds is 4. The Morgan fingerprint density at radius 2 is 2.25 bits per heavy atom. The van der Waals surface area contributed by atoms with Crippen LogP contribution in [0.15, 0.2) is 12.1 Å². The van der Waals surface area contributed by atoms with E-state index in [9.17, 15) is 0 Å². The van der Waals surface area contributed by atoms with Crippen LogP contribution in [0.4, 0.5) is 5.00 Å². The van der Waals surface area contributed by atoms with E-state index in [-0.39, 0.29) is 0 Å². The van der Waals surface area contributed by atoms with Crippen molar-refractivity contribution in [1.82, 2.24) is 10.2 Å². The summed E-state index contributed by atoms with van der Waals surface area (Å²) in [4.78, 5) is 2.51. The molecule has 2 N–H and O–H groups in total. The third-order valence-corrected chi connectivity index (χ3v) is 4.11. The van der Waals surface area contributed by atoms with Gasteiger partial charge in [-0.2, -0.15) is 0 Å². The Morgan fingerprint density at radius 3 is 2.88 bits per heavy atom. The molecule has 1 atom stereocenters. The lowest BCUT2D eigenvalue weighted by Gasteiger charge is -2.32. The molecule has 1 unspecified atom stereocenters. The van der Waals surface area contributed by atoms with Gasteiger partial charge in [0, 0.05) is 38.8 Å². The van der Waals surface area contributed by atoms with Gasteiger partial charge < -0.3 is 10.6 Å². The third-order valence-electron chi connectivity index (χ3n) is 2.92. The second kappa shape index (κ2) is 5.87. The van der Waals surface area contributed by atoms with Crippen LogP contribution in [0, 0.1) is 0 Å². The Bertz CT molecular complexity index is 323. The number of piperazine rings is 1. The zero-order valence-corrected chi connectivity index (χ0v) is 11.1. The first-order chi connectivity index (χ1) is 7.75. The lowest BCUT2D eigenvalue weighted by atomic mass is 10.2. The fourth-order valence-corrected chi connectivity index (χ4v) is 2.86. The molecule has 0 amide bonds. The minimum atomic E-state index is 0.572. The topological polar surface area (TPSA) is 27.3 Å². The monoisotopic (exact) mass is 259 g/mol. The highest BCUT2D eigenvalue weighted by Crippen LogP contribution is 2.25. The number of anilines is 1. The van der Waals surface area contributed by atoms with E-state index in [1.54, 1.807) is 11.3 Å². The van der Waals surface area contributed by atoms with Gasteiger partial charge in [0.1, 0.15) is 0 Å². The van der Waals surface area contributed by atoms with Crippen LogP contribution < -0.4 is 10.6 Å². The summed E-state index contributed by atoms with van der Waals surface area (Å²) in [6.07, 6.45) is 0. The van der Waals surface area contributed by atoms with Gasteiger partial charge in [0.15, 0.2) is 0 Å². The van der Waals surface area contributed by atoms with E-state index in [0.717, 1.165) is 42.1 Å². The fraction of sp³-hybridized carbons (Fsp3) is 0.636. The second-order valence-electron chi connectivity index (χ2n) is 4.12. The molecule has 0 radical (unpaired) electrons. The molecule has 1 aliphatic heterocycles. The van der Waals surface area contributed by atoms with Gasteiger partial charge in [-0.05, 0) is 19.1 Å². The van der Waals surface area contributed by atoms with Crippen LogP contribution in [0.25, 0.3) is 0 Å². The van der Waals surface area contributed by atoms with Gasteiger partial charge in [0.2, 0.25) is 0 Å². The maximum absolute atomic E-state index is 5.88. The van der Waals surface area contributed by atoms with E-state index in [0.29, 0.717) is 6.04 Å². The zero-order valence-electron chi connectivity index (χ0n) is 9.50. The van der Waals surface area contributed by atoms with E-state index in [1.165, 1.54) is 0 Å². The zero-order chi connectivity index (χ0) is 11.4. The average Bonchev–Trinajstić information content (AvgIpc) is 2.73. The van der Waals surface area contributed by atoms with E-state index >= 15 is 0 Å². The van der Waals surface area contributed by atoms with Crippen molar-refractivity contribution in [3.05, 3.63) is 16.5 Å². The summed E-state index contributed by atoms with van der Waals surface area (Å²) in [6.45, 7) is 7.76. The van der Waals surface area contributed by atoms with E-state index < -0.39 is 0 Å². The number of halogens is 1. The van der Waals surface area contributed by atoms with Crippen LogP contribution in [0.2, 0.25) is 4.34 Å². The van der Waals surface area contributed by atoms with E-state index in [1.807, 2.05) is 12.1 Å². The average molecular weight is 260 g/mol. The van der Waals surface area contributed by atoms with Gasteiger partial charge in [-0.3, -0.25) is 4.90 Å². The van der Waals surface area contributed by atoms with Crippen LogP contribution in [-0.4, -0.2) is 43.7 Å². The number of hydrogen-bond donors (Lipinski definition) is 2. The summed E-state index contributed by atoms with van der Waals surface area (Å²) in [7, 11) is 0. The number of nitrogens with one attached hydrogen (secondary N) is 2. The van der Waals surface area contributed by atoms with Crippen LogP contribution in [0.5, 0.6) is 0 Å². The highest BCUT2D eigenvalue weighted by atomic mass is 35.5. The molecule has 0 saturated carbocycles. The van der Waals surface area contributed by atoms with Crippen molar-refractivity contribution in [1.29, 1.82) is 0 Å². The van der Waals surface area contributed by atoms with Crippen LogP contribution in [0.3, 0.4) is 0 Å². The molecule has 0 aliphatic carbocycles. The molecule has 1 aromatic heterocycles. The smallest absolute Gasteiger partial charge is 0.0950 e. The summed E-state index contributed by atoms with van der Waals surface area (Å²) in [6, 6.07) is 4.55. The van der Waals surface area contributed by atoms with E-state index in [2.05, 4.69) is 22.5 Å². The minimum Gasteiger partial charge on any atom is -0.375 e. The van der Waals surface area contributed by atoms with Crippen molar-refractivity contribution in [3.63, 3.8) is 0 Å². The molecule has 1 fully saturated rings. The summed E-state index contributed by atoms with van der Waals surface area (Å²) >= 11 is 7.48. The maximum Gasteiger partial charge on any atom is 0.0950 e. The summed E-state index contributed by atoms with van der Waals surface area (Å²) in [5, 5.41) is 7.96. The van der Waals surface area contributed by atoms with Crippen LogP contribution in [-0.2, 0) is 0 Å². The van der Waals surface area contributed by atoms with Crippen molar-refractivity contribution in [2.75, 3.05) is 38.0 Å². The summed E-state index contributed by atoms with van der Waals surface area (Å²) in [5.74, 6) is 0. The Hall–Kier alpha value is -0.290. The lowest BCUT2D eigenvalue weighted by Crippen LogP contribution is -2.49. The molecule has 1 saturated heterocycles. The standard InChI is InChI=1S/C11H18ClN3S/c1-9(15-6-4-13-5-7-15)8-14-11-3-2-10(12)16-11/h2-3,9,13-14H,4-8H2,1H3. The molecule has 0 aromatic carbocycles. The Balaban J connectivity index is 1.76. The highest BCUT2D eigenvalue weighted by Gasteiger charge is 2.15. The van der Waals surface area contributed by atoms with E-state index in [4.69, 9.17) is 11.6 Å². The first kappa shape index (κ1) is 12.2. The molecule has 16 heavy (non-hydrogen) atoms. The van der Waals surface area contributed by atoms with Gasteiger partial charge in [-0.15, -0.1) is 11.3 Å². The Kier molecular flexibility index (Phi) is 4.46. The molecule has 0 spiro atoms. The number of hydrogen-bond acceptors (Lipinski definition) is 4. The quantitative estimate of drug-likeness (QED) is 0.867. The van der Waals surface area contributed by atoms with Crippen LogP contribution in [0.1, 0.15) is 6.92 Å². The van der Waals surface area contributed by atoms with Gasteiger partial charge in [-0.1, -0.05) is 11.6 Å². The van der Waals surface area contributed by atoms with Crippen molar-refractivity contribution >= 4 is 27.9 Å².